The Labute approximate surface area is 159 Å². The summed E-state index contributed by atoms with van der Waals surface area (Å²) in [5, 5.41) is 4.42. The molecule has 26 heavy (non-hydrogen) atoms. The molecule has 0 saturated carbocycles. The van der Waals surface area contributed by atoms with Crippen LogP contribution in [0.2, 0.25) is 0 Å². The van der Waals surface area contributed by atoms with Crippen LogP contribution in [-0.2, 0) is 19.1 Å². The number of methoxy groups -OCH3 is 1. The molecule has 1 aromatic carbocycles. The number of oxime groups is 1. The van der Waals surface area contributed by atoms with Crippen molar-refractivity contribution in [2.75, 3.05) is 46.3 Å². The number of thioether (sulfide) groups is 1. The Morgan fingerprint density at radius 2 is 1.92 bits per heavy atom. The van der Waals surface area contributed by atoms with Gasteiger partial charge in [0, 0.05) is 23.5 Å². The molecule has 0 atom stereocenters. The van der Waals surface area contributed by atoms with Crippen LogP contribution < -0.4 is 0 Å². The SMILES string of the molecule is COC(=O)CCON=C(c1ccc(SC)cc1)C(C)(C)N1CCOCC1. The lowest BCUT2D eigenvalue weighted by Gasteiger charge is -2.41. The molecule has 0 radical (unpaired) electrons. The smallest absolute Gasteiger partial charge is 0.309 e. The van der Waals surface area contributed by atoms with E-state index in [4.69, 9.17) is 9.57 Å². The number of esters is 1. The maximum atomic E-state index is 11.3. The third kappa shape index (κ3) is 5.46. The lowest BCUT2D eigenvalue weighted by molar-refractivity contribution is -0.141. The topological polar surface area (TPSA) is 60.4 Å². The molecule has 0 amide bonds. The van der Waals surface area contributed by atoms with E-state index >= 15 is 0 Å². The molecule has 1 fully saturated rings. The standard InChI is InChI=1S/C19H28N2O4S/c1-19(2,21-10-13-24-14-11-21)18(20-25-12-9-17(22)23-3)15-5-7-16(26-4)8-6-15/h5-8H,9-14H2,1-4H3. The zero-order valence-corrected chi connectivity index (χ0v) is 16.8. The summed E-state index contributed by atoms with van der Waals surface area (Å²) in [6.45, 7) is 7.59. The molecule has 1 saturated heterocycles. The zero-order chi connectivity index (χ0) is 19.0. The second kappa shape index (κ2) is 9.94. The third-order valence-electron chi connectivity index (χ3n) is 4.53. The molecule has 0 aliphatic carbocycles. The van der Waals surface area contributed by atoms with Gasteiger partial charge in [0.25, 0.3) is 0 Å². The lowest BCUT2D eigenvalue weighted by Crippen LogP contribution is -2.54. The first kappa shape index (κ1) is 20.7. The lowest BCUT2D eigenvalue weighted by atomic mass is 9.90. The van der Waals surface area contributed by atoms with Gasteiger partial charge in [0.1, 0.15) is 12.3 Å². The molecule has 0 N–H and O–H groups in total. The van der Waals surface area contributed by atoms with Gasteiger partial charge in [-0.1, -0.05) is 17.3 Å². The predicted molar refractivity (Wildman–Crippen MR) is 104 cm³/mol. The number of carbonyl (C=O) groups excluding carboxylic acids is 1. The fraction of sp³-hybridized carbons (Fsp3) is 0.579. The van der Waals surface area contributed by atoms with E-state index < -0.39 is 0 Å². The highest BCUT2D eigenvalue weighted by Crippen LogP contribution is 2.25. The fourth-order valence-electron chi connectivity index (χ4n) is 2.88. The van der Waals surface area contributed by atoms with Gasteiger partial charge >= 0.3 is 5.97 Å². The van der Waals surface area contributed by atoms with E-state index in [2.05, 4.69) is 59.2 Å². The molecule has 2 rings (SSSR count). The van der Waals surface area contributed by atoms with E-state index in [9.17, 15) is 4.79 Å². The van der Waals surface area contributed by atoms with Crippen LogP contribution in [0.25, 0.3) is 0 Å². The summed E-state index contributed by atoms with van der Waals surface area (Å²) in [5.74, 6) is -0.307. The quantitative estimate of drug-likeness (QED) is 0.227. The molecule has 0 bridgehead atoms. The Bertz CT molecular complexity index is 610. The number of morpholine rings is 1. The number of ether oxygens (including phenoxy) is 2. The van der Waals surface area contributed by atoms with Crippen molar-refractivity contribution in [3.05, 3.63) is 29.8 Å². The van der Waals surface area contributed by atoms with Gasteiger partial charge in [-0.15, -0.1) is 11.8 Å². The molecule has 7 heteroatoms. The summed E-state index contributed by atoms with van der Waals surface area (Å²) in [4.78, 5) is 20.3. The van der Waals surface area contributed by atoms with Crippen LogP contribution >= 0.6 is 11.8 Å². The van der Waals surface area contributed by atoms with E-state index in [-0.39, 0.29) is 24.5 Å². The highest BCUT2D eigenvalue weighted by molar-refractivity contribution is 7.98. The number of carbonyl (C=O) groups is 1. The molecule has 6 nitrogen and oxygen atoms in total. The molecule has 1 heterocycles. The van der Waals surface area contributed by atoms with Crippen molar-refractivity contribution in [3.8, 4) is 0 Å². The van der Waals surface area contributed by atoms with E-state index in [0.717, 1.165) is 24.4 Å². The molecule has 144 valence electrons. The molecular weight excluding hydrogens is 352 g/mol. The van der Waals surface area contributed by atoms with Crippen LogP contribution in [0.3, 0.4) is 0 Å². The minimum atomic E-state index is -0.323. The van der Waals surface area contributed by atoms with E-state index in [1.54, 1.807) is 11.8 Å². The number of benzene rings is 1. The normalized spacial score (nSPS) is 16.4. The number of hydrogen-bond donors (Lipinski definition) is 0. The van der Waals surface area contributed by atoms with Crippen molar-refractivity contribution >= 4 is 23.4 Å². The molecular formula is C19H28N2O4S. The van der Waals surface area contributed by atoms with Crippen LogP contribution in [0.1, 0.15) is 25.8 Å². The summed E-state index contributed by atoms with van der Waals surface area (Å²) < 4.78 is 10.1. The summed E-state index contributed by atoms with van der Waals surface area (Å²) in [5.41, 5.74) is 1.53. The Hall–Kier alpha value is -1.57. The van der Waals surface area contributed by atoms with E-state index in [1.807, 2.05) is 0 Å². The fourth-order valence-corrected chi connectivity index (χ4v) is 3.29. The Kier molecular flexibility index (Phi) is 7.93. The molecule has 0 unspecified atom stereocenters. The summed E-state index contributed by atoms with van der Waals surface area (Å²) in [6.07, 6.45) is 2.23. The summed E-state index contributed by atoms with van der Waals surface area (Å²) in [6, 6.07) is 8.30. The van der Waals surface area contributed by atoms with Crippen molar-refractivity contribution in [3.63, 3.8) is 0 Å². The van der Waals surface area contributed by atoms with Crippen LogP contribution in [0, 0.1) is 0 Å². The number of hydrogen-bond acceptors (Lipinski definition) is 7. The van der Waals surface area contributed by atoms with Crippen LogP contribution in [0.5, 0.6) is 0 Å². The average molecular weight is 381 g/mol. The van der Waals surface area contributed by atoms with Gasteiger partial charge < -0.3 is 14.3 Å². The minimum Gasteiger partial charge on any atom is -0.469 e. The molecule has 1 aromatic rings. The van der Waals surface area contributed by atoms with Gasteiger partial charge in [-0.25, -0.2) is 0 Å². The van der Waals surface area contributed by atoms with E-state index in [1.165, 1.54) is 12.0 Å². The van der Waals surface area contributed by atoms with Gasteiger partial charge in [-0.3, -0.25) is 9.69 Å². The van der Waals surface area contributed by atoms with E-state index in [0.29, 0.717) is 13.2 Å². The largest absolute Gasteiger partial charge is 0.469 e. The first-order valence-electron chi connectivity index (χ1n) is 8.73. The summed E-state index contributed by atoms with van der Waals surface area (Å²) in [7, 11) is 1.37. The average Bonchev–Trinajstić information content (AvgIpc) is 2.68. The predicted octanol–water partition coefficient (Wildman–Crippen LogP) is 2.80. The summed E-state index contributed by atoms with van der Waals surface area (Å²) >= 11 is 1.70. The van der Waals surface area contributed by atoms with Gasteiger partial charge in [0.15, 0.2) is 0 Å². The Balaban J connectivity index is 2.22. The van der Waals surface area contributed by atoms with Crippen molar-refractivity contribution < 1.29 is 19.1 Å². The second-order valence-corrected chi connectivity index (χ2v) is 7.37. The van der Waals surface area contributed by atoms with Crippen LogP contribution in [0.15, 0.2) is 34.3 Å². The first-order chi connectivity index (χ1) is 12.5. The third-order valence-corrected chi connectivity index (χ3v) is 5.27. The Morgan fingerprint density at radius 3 is 2.50 bits per heavy atom. The van der Waals surface area contributed by atoms with Gasteiger partial charge in [0.2, 0.25) is 0 Å². The number of nitrogens with zero attached hydrogens (tertiary/aromatic N) is 2. The van der Waals surface area contributed by atoms with Crippen LogP contribution in [-0.4, -0.2) is 68.4 Å². The highest BCUT2D eigenvalue weighted by atomic mass is 32.2. The van der Waals surface area contributed by atoms with Gasteiger partial charge in [0.05, 0.1) is 32.3 Å². The van der Waals surface area contributed by atoms with Gasteiger partial charge in [-0.05, 0) is 32.2 Å². The van der Waals surface area contributed by atoms with Crippen LogP contribution in [0.4, 0.5) is 0 Å². The maximum absolute atomic E-state index is 11.3. The maximum Gasteiger partial charge on any atom is 0.309 e. The van der Waals surface area contributed by atoms with Gasteiger partial charge in [-0.2, -0.15) is 0 Å². The van der Waals surface area contributed by atoms with Crippen molar-refractivity contribution in [1.29, 1.82) is 0 Å². The highest BCUT2D eigenvalue weighted by Gasteiger charge is 2.35. The van der Waals surface area contributed by atoms with Crippen molar-refractivity contribution in [1.82, 2.24) is 4.90 Å². The second-order valence-electron chi connectivity index (χ2n) is 6.49. The first-order valence-corrected chi connectivity index (χ1v) is 9.96. The number of rotatable bonds is 8. The van der Waals surface area contributed by atoms with Crippen molar-refractivity contribution in [2.24, 2.45) is 5.16 Å². The molecule has 1 aliphatic heterocycles. The Morgan fingerprint density at radius 1 is 1.27 bits per heavy atom. The zero-order valence-electron chi connectivity index (χ0n) is 16.0. The monoisotopic (exact) mass is 380 g/mol. The molecule has 0 aromatic heterocycles. The molecule has 1 aliphatic rings. The van der Waals surface area contributed by atoms with Crippen molar-refractivity contribution in [2.45, 2.75) is 30.7 Å². The molecule has 0 spiro atoms. The minimum absolute atomic E-state index is 0.177.